The van der Waals surface area contributed by atoms with E-state index in [1.54, 1.807) is 19.1 Å². The fourth-order valence-electron chi connectivity index (χ4n) is 2.39. The van der Waals surface area contributed by atoms with Crippen molar-refractivity contribution in [2.45, 2.75) is 25.4 Å². The average molecular weight is 326 g/mol. The van der Waals surface area contributed by atoms with Crippen LogP contribution < -0.4 is 11.1 Å². The van der Waals surface area contributed by atoms with E-state index in [2.05, 4.69) is 5.32 Å². The number of ether oxygens (including phenoxy) is 1. The Morgan fingerprint density at radius 2 is 1.54 bits per heavy atom. The summed E-state index contributed by atoms with van der Waals surface area (Å²) in [6.45, 7) is 1.98. The lowest BCUT2D eigenvalue weighted by Crippen LogP contribution is -2.36. The number of rotatable bonds is 7. The Hall–Kier alpha value is -2.66. The van der Waals surface area contributed by atoms with Crippen molar-refractivity contribution in [2.24, 2.45) is 5.73 Å². The highest BCUT2D eigenvalue weighted by molar-refractivity contribution is 5.85. The van der Waals surface area contributed by atoms with Crippen LogP contribution >= 0.6 is 0 Å². The van der Waals surface area contributed by atoms with E-state index in [0.717, 1.165) is 5.56 Å². The lowest BCUT2D eigenvalue weighted by atomic mass is 10.0. The number of carbonyl (C=O) groups is 2. The van der Waals surface area contributed by atoms with E-state index in [0.29, 0.717) is 5.56 Å². The molecule has 0 saturated heterocycles. The summed E-state index contributed by atoms with van der Waals surface area (Å²) in [6, 6.07) is 17.1. The lowest BCUT2D eigenvalue weighted by Gasteiger charge is -2.19. The van der Waals surface area contributed by atoms with Crippen LogP contribution in [0, 0.1) is 0 Å². The van der Waals surface area contributed by atoms with E-state index in [9.17, 15) is 9.59 Å². The van der Waals surface area contributed by atoms with Crippen molar-refractivity contribution in [1.29, 1.82) is 0 Å². The van der Waals surface area contributed by atoms with Crippen molar-refractivity contribution < 1.29 is 14.3 Å². The van der Waals surface area contributed by atoms with Gasteiger partial charge in [0.25, 0.3) is 0 Å². The van der Waals surface area contributed by atoms with Gasteiger partial charge < -0.3 is 15.8 Å². The van der Waals surface area contributed by atoms with E-state index >= 15 is 0 Å². The number of nitrogens with one attached hydrogen (secondary N) is 1. The lowest BCUT2D eigenvalue weighted by molar-refractivity contribution is -0.147. The predicted octanol–water partition coefficient (Wildman–Crippen LogP) is 2.50. The zero-order chi connectivity index (χ0) is 17.4. The minimum absolute atomic E-state index is 0.0900. The molecule has 2 aromatic rings. The summed E-state index contributed by atoms with van der Waals surface area (Å²) >= 11 is 0. The standard InChI is InChI=1S/C19H22N2O3/c1-2-24-19(23)18(15-11-7-4-8-12-15)21-17(22)13-16(20)14-9-5-3-6-10-14/h3-12,16,18H,2,13,20H2,1H3,(H,21,22)/t16?,18-/m1/s1. The van der Waals surface area contributed by atoms with Crippen LogP contribution in [0.2, 0.25) is 0 Å². The van der Waals surface area contributed by atoms with E-state index < -0.39 is 18.1 Å². The minimum atomic E-state index is -0.832. The van der Waals surface area contributed by atoms with Crippen LogP contribution in [0.4, 0.5) is 0 Å². The van der Waals surface area contributed by atoms with Crippen LogP contribution in [0.1, 0.15) is 36.6 Å². The molecule has 0 radical (unpaired) electrons. The third kappa shape index (κ3) is 4.93. The van der Waals surface area contributed by atoms with Gasteiger partial charge in [-0.25, -0.2) is 4.79 Å². The molecule has 2 rings (SSSR count). The van der Waals surface area contributed by atoms with Crippen LogP contribution in [0.3, 0.4) is 0 Å². The predicted molar refractivity (Wildman–Crippen MR) is 91.9 cm³/mol. The second-order valence-corrected chi connectivity index (χ2v) is 5.38. The fraction of sp³-hybridized carbons (Fsp3) is 0.263. The molecule has 0 saturated carbocycles. The molecule has 0 aromatic heterocycles. The molecule has 24 heavy (non-hydrogen) atoms. The van der Waals surface area contributed by atoms with Crippen molar-refractivity contribution in [3.05, 3.63) is 71.8 Å². The van der Waals surface area contributed by atoms with Crippen LogP contribution in [-0.4, -0.2) is 18.5 Å². The topological polar surface area (TPSA) is 81.4 Å². The molecule has 0 aliphatic rings. The molecule has 0 aliphatic carbocycles. The Morgan fingerprint density at radius 3 is 2.08 bits per heavy atom. The van der Waals surface area contributed by atoms with Gasteiger partial charge in [-0.3, -0.25) is 4.79 Å². The quantitative estimate of drug-likeness (QED) is 0.766. The molecule has 5 heteroatoms. The Morgan fingerprint density at radius 1 is 1.00 bits per heavy atom. The highest BCUT2D eigenvalue weighted by atomic mass is 16.5. The summed E-state index contributed by atoms with van der Waals surface area (Å²) in [6.07, 6.45) is 0.0900. The van der Waals surface area contributed by atoms with Gasteiger partial charge in [0.2, 0.25) is 5.91 Å². The summed E-state index contributed by atoms with van der Waals surface area (Å²) in [5.74, 6) is -0.779. The number of hydrogen-bond acceptors (Lipinski definition) is 4. The summed E-state index contributed by atoms with van der Waals surface area (Å²) in [7, 11) is 0. The largest absolute Gasteiger partial charge is 0.464 e. The number of hydrogen-bond donors (Lipinski definition) is 2. The molecule has 2 aromatic carbocycles. The van der Waals surface area contributed by atoms with Crippen LogP contribution in [0.15, 0.2) is 60.7 Å². The summed E-state index contributed by atoms with van der Waals surface area (Å²) < 4.78 is 5.06. The van der Waals surface area contributed by atoms with Gasteiger partial charge in [-0.2, -0.15) is 0 Å². The van der Waals surface area contributed by atoms with Crippen molar-refractivity contribution in [2.75, 3.05) is 6.61 Å². The normalized spacial score (nSPS) is 12.9. The first-order chi connectivity index (χ1) is 11.6. The first-order valence-electron chi connectivity index (χ1n) is 7.93. The number of amides is 1. The zero-order valence-corrected chi connectivity index (χ0v) is 13.6. The number of esters is 1. The van der Waals surface area contributed by atoms with Gasteiger partial charge in [0, 0.05) is 12.5 Å². The molecular formula is C19H22N2O3. The smallest absolute Gasteiger partial charge is 0.333 e. The average Bonchev–Trinajstić information content (AvgIpc) is 2.61. The second kappa shape index (κ2) is 8.84. The highest BCUT2D eigenvalue weighted by Crippen LogP contribution is 2.17. The number of nitrogens with two attached hydrogens (primary N) is 1. The van der Waals surface area contributed by atoms with Gasteiger partial charge >= 0.3 is 5.97 Å². The Kier molecular flexibility index (Phi) is 6.51. The van der Waals surface area contributed by atoms with Gasteiger partial charge in [0.1, 0.15) is 0 Å². The van der Waals surface area contributed by atoms with Gasteiger partial charge in [-0.05, 0) is 18.1 Å². The van der Waals surface area contributed by atoms with Crippen molar-refractivity contribution in [3.63, 3.8) is 0 Å². The van der Waals surface area contributed by atoms with Crippen molar-refractivity contribution >= 4 is 11.9 Å². The van der Waals surface area contributed by atoms with Gasteiger partial charge in [0.05, 0.1) is 6.61 Å². The fourth-order valence-corrected chi connectivity index (χ4v) is 2.39. The van der Waals surface area contributed by atoms with Crippen molar-refractivity contribution in [1.82, 2.24) is 5.32 Å². The molecule has 0 aliphatic heterocycles. The molecule has 0 heterocycles. The molecule has 0 bridgehead atoms. The summed E-state index contributed by atoms with van der Waals surface area (Å²) in [4.78, 5) is 24.5. The first-order valence-corrected chi connectivity index (χ1v) is 7.93. The van der Waals surface area contributed by atoms with Crippen LogP contribution in [0.25, 0.3) is 0 Å². The second-order valence-electron chi connectivity index (χ2n) is 5.38. The van der Waals surface area contributed by atoms with Gasteiger partial charge in [-0.1, -0.05) is 60.7 Å². The van der Waals surface area contributed by atoms with E-state index in [1.807, 2.05) is 48.5 Å². The monoisotopic (exact) mass is 326 g/mol. The van der Waals surface area contributed by atoms with Crippen LogP contribution in [0.5, 0.6) is 0 Å². The molecule has 126 valence electrons. The molecule has 5 nitrogen and oxygen atoms in total. The van der Waals surface area contributed by atoms with E-state index in [1.165, 1.54) is 0 Å². The molecule has 3 N–H and O–H groups in total. The highest BCUT2D eigenvalue weighted by Gasteiger charge is 2.24. The number of benzene rings is 2. The molecule has 0 fully saturated rings. The first kappa shape index (κ1) is 17.7. The summed E-state index contributed by atoms with van der Waals surface area (Å²) in [5.41, 5.74) is 7.62. The molecule has 1 amide bonds. The maximum absolute atomic E-state index is 12.3. The summed E-state index contributed by atoms with van der Waals surface area (Å²) in [5, 5.41) is 2.73. The third-order valence-electron chi connectivity index (χ3n) is 3.59. The Labute approximate surface area is 141 Å². The number of carbonyl (C=O) groups excluding carboxylic acids is 2. The molecular weight excluding hydrogens is 304 g/mol. The third-order valence-corrected chi connectivity index (χ3v) is 3.59. The molecule has 1 unspecified atom stereocenters. The SMILES string of the molecule is CCOC(=O)[C@H](NC(=O)CC(N)c1ccccc1)c1ccccc1. The van der Waals surface area contributed by atoms with Crippen LogP contribution in [-0.2, 0) is 14.3 Å². The van der Waals surface area contributed by atoms with E-state index in [-0.39, 0.29) is 18.9 Å². The van der Waals surface area contributed by atoms with Crippen molar-refractivity contribution in [3.8, 4) is 0 Å². The maximum atomic E-state index is 12.3. The Balaban J connectivity index is 2.06. The van der Waals surface area contributed by atoms with E-state index in [4.69, 9.17) is 10.5 Å². The molecule has 0 spiro atoms. The minimum Gasteiger partial charge on any atom is -0.464 e. The maximum Gasteiger partial charge on any atom is 0.333 e. The zero-order valence-electron chi connectivity index (χ0n) is 13.6. The molecule has 2 atom stereocenters. The Bertz CT molecular complexity index is 659. The van der Waals surface area contributed by atoms with Gasteiger partial charge in [0.15, 0.2) is 6.04 Å². The van der Waals surface area contributed by atoms with Gasteiger partial charge in [-0.15, -0.1) is 0 Å².